The van der Waals surface area contributed by atoms with E-state index in [2.05, 4.69) is 21.2 Å². The second-order valence-electron chi connectivity index (χ2n) is 7.28. The molecule has 2 aliphatic heterocycles. The number of hydrazone groups is 1. The third-order valence-electron chi connectivity index (χ3n) is 5.14. The molecule has 0 bridgehead atoms. The van der Waals surface area contributed by atoms with Crippen LogP contribution in [0.1, 0.15) is 11.1 Å². The molecule has 3 N–H and O–H groups in total. The molecule has 2 amide bonds. The Labute approximate surface area is 196 Å². The summed E-state index contributed by atoms with van der Waals surface area (Å²) in [6, 6.07) is 15.3. The van der Waals surface area contributed by atoms with Crippen molar-refractivity contribution in [1.29, 1.82) is 0 Å². The summed E-state index contributed by atoms with van der Waals surface area (Å²) in [7, 11) is 3.19. The quantitative estimate of drug-likeness (QED) is 0.543. The fourth-order valence-electron chi connectivity index (χ4n) is 3.54. The molecule has 0 spiro atoms. The molecule has 2 aliphatic rings. The van der Waals surface area contributed by atoms with Gasteiger partial charge in [-0.2, -0.15) is 5.10 Å². The smallest absolute Gasteiger partial charge is 0.249 e. The average Bonchev–Trinajstić information content (AvgIpc) is 3.25. The summed E-state index contributed by atoms with van der Waals surface area (Å²) in [6.45, 7) is 0.497. The van der Waals surface area contributed by atoms with Gasteiger partial charge in [-0.15, -0.1) is 0 Å². The Bertz CT molecular complexity index is 1090. The molecular weight excluding hydrogens is 442 g/mol. The van der Waals surface area contributed by atoms with Gasteiger partial charge in [-0.25, -0.2) is 0 Å². The van der Waals surface area contributed by atoms with Crippen LogP contribution in [0.3, 0.4) is 0 Å². The van der Waals surface area contributed by atoms with Gasteiger partial charge in [0, 0.05) is 12.6 Å². The average molecular weight is 468 g/mol. The van der Waals surface area contributed by atoms with Crippen LogP contribution < -0.4 is 25.5 Å². The number of methoxy groups -OCH3 is 2. The molecular formula is C23H25N5O4S. The fraction of sp³-hybridized carbons (Fsp3) is 0.261. The van der Waals surface area contributed by atoms with E-state index < -0.39 is 6.29 Å². The standard InChI is InChI=1S/C23H25N5O4S/c1-31-18-9-8-15(12-19(18)32-2)10-11-24-21(30)14-33-23-27-26-22-25-20(29)13-17(28(22)23)16-6-4-3-5-7-16/h3-9,12-13,22,26H,10-11,14H2,1-2H3,(H,24,30)(H,25,29). The molecule has 2 aromatic rings. The van der Waals surface area contributed by atoms with Gasteiger partial charge in [0.25, 0.3) is 0 Å². The first-order chi connectivity index (χ1) is 16.1. The lowest BCUT2D eigenvalue weighted by Crippen LogP contribution is -2.54. The van der Waals surface area contributed by atoms with E-state index in [1.165, 1.54) is 17.8 Å². The molecule has 0 radical (unpaired) electrons. The topological polar surface area (TPSA) is 104 Å². The number of fused-ring (bicyclic) bond motifs is 1. The third kappa shape index (κ3) is 5.23. The largest absolute Gasteiger partial charge is 0.493 e. The van der Waals surface area contributed by atoms with Gasteiger partial charge < -0.3 is 20.1 Å². The van der Waals surface area contributed by atoms with Crippen molar-refractivity contribution in [1.82, 2.24) is 21.0 Å². The molecule has 2 heterocycles. The number of carbonyl (C=O) groups is 2. The normalized spacial score (nSPS) is 16.7. The maximum atomic E-state index is 12.4. The molecule has 10 heteroatoms. The molecule has 1 unspecified atom stereocenters. The number of hydrogen-bond donors (Lipinski definition) is 3. The Morgan fingerprint density at radius 3 is 2.70 bits per heavy atom. The Balaban J connectivity index is 1.31. The molecule has 0 saturated carbocycles. The Hall–Kier alpha value is -3.66. The van der Waals surface area contributed by atoms with Crippen molar-refractivity contribution in [2.45, 2.75) is 12.7 Å². The predicted octanol–water partition coefficient (Wildman–Crippen LogP) is 1.73. The maximum absolute atomic E-state index is 12.4. The molecule has 0 aromatic heterocycles. The summed E-state index contributed by atoms with van der Waals surface area (Å²) in [4.78, 5) is 26.4. The first kappa shape index (κ1) is 22.5. The molecule has 0 saturated heterocycles. The number of hydrogen-bond acceptors (Lipinski definition) is 8. The maximum Gasteiger partial charge on any atom is 0.249 e. The number of thioether (sulfide) groups is 1. The molecule has 172 valence electrons. The summed E-state index contributed by atoms with van der Waals surface area (Å²) in [6.07, 6.45) is 1.73. The van der Waals surface area contributed by atoms with Crippen molar-refractivity contribution in [2.75, 3.05) is 26.5 Å². The zero-order valence-corrected chi connectivity index (χ0v) is 19.1. The number of ether oxygens (including phenoxy) is 2. The van der Waals surface area contributed by atoms with Crippen LogP contribution in [0.2, 0.25) is 0 Å². The van der Waals surface area contributed by atoms with Crippen LogP contribution in [0, 0.1) is 0 Å². The van der Waals surface area contributed by atoms with Crippen molar-refractivity contribution >= 4 is 34.4 Å². The number of nitrogens with one attached hydrogen (secondary N) is 3. The van der Waals surface area contributed by atoms with Crippen LogP contribution in [0.5, 0.6) is 11.5 Å². The van der Waals surface area contributed by atoms with E-state index in [9.17, 15) is 9.59 Å². The first-order valence-electron chi connectivity index (χ1n) is 10.4. The van der Waals surface area contributed by atoms with Crippen molar-refractivity contribution in [3.63, 3.8) is 0 Å². The highest BCUT2D eigenvalue weighted by molar-refractivity contribution is 8.14. The van der Waals surface area contributed by atoms with Crippen LogP contribution in [-0.2, 0) is 16.0 Å². The Morgan fingerprint density at radius 1 is 1.15 bits per heavy atom. The first-order valence-corrected chi connectivity index (χ1v) is 11.4. The monoisotopic (exact) mass is 467 g/mol. The Kier molecular flexibility index (Phi) is 7.04. The zero-order chi connectivity index (χ0) is 23.2. The second-order valence-corrected chi connectivity index (χ2v) is 8.22. The van der Waals surface area contributed by atoms with Crippen LogP contribution in [0.4, 0.5) is 0 Å². The molecule has 33 heavy (non-hydrogen) atoms. The molecule has 2 aromatic carbocycles. The summed E-state index contributed by atoms with van der Waals surface area (Å²) in [5, 5.41) is 10.7. The van der Waals surface area contributed by atoms with Gasteiger partial charge in [0.05, 0.1) is 25.7 Å². The minimum atomic E-state index is -0.478. The fourth-order valence-corrected chi connectivity index (χ4v) is 4.37. The van der Waals surface area contributed by atoms with Gasteiger partial charge in [-0.05, 0) is 29.7 Å². The molecule has 9 nitrogen and oxygen atoms in total. The summed E-state index contributed by atoms with van der Waals surface area (Å²) in [5.74, 6) is 1.24. The highest BCUT2D eigenvalue weighted by atomic mass is 32.2. The summed E-state index contributed by atoms with van der Waals surface area (Å²) in [5.41, 5.74) is 5.58. The predicted molar refractivity (Wildman–Crippen MR) is 127 cm³/mol. The van der Waals surface area contributed by atoms with Crippen molar-refractivity contribution in [3.05, 3.63) is 65.7 Å². The van der Waals surface area contributed by atoms with Crippen molar-refractivity contribution in [2.24, 2.45) is 5.10 Å². The van der Waals surface area contributed by atoms with Gasteiger partial charge in [0.15, 0.2) is 23.0 Å². The van der Waals surface area contributed by atoms with E-state index in [-0.39, 0.29) is 17.6 Å². The van der Waals surface area contributed by atoms with Crippen molar-refractivity contribution in [3.8, 4) is 11.5 Å². The highest BCUT2D eigenvalue weighted by Gasteiger charge is 2.36. The van der Waals surface area contributed by atoms with E-state index in [0.29, 0.717) is 29.6 Å². The van der Waals surface area contributed by atoms with Crippen molar-refractivity contribution < 1.29 is 19.1 Å². The van der Waals surface area contributed by atoms with Gasteiger partial charge in [-0.1, -0.05) is 48.2 Å². The van der Waals surface area contributed by atoms with Crippen LogP contribution in [0.25, 0.3) is 5.70 Å². The lowest BCUT2D eigenvalue weighted by molar-refractivity contribution is -0.119. The number of amidine groups is 1. The minimum absolute atomic E-state index is 0.0992. The highest BCUT2D eigenvalue weighted by Crippen LogP contribution is 2.30. The van der Waals surface area contributed by atoms with E-state index in [4.69, 9.17) is 9.47 Å². The van der Waals surface area contributed by atoms with Gasteiger partial charge in [-0.3, -0.25) is 19.9 Å². The second kappa shape index (κ2) is 10.3. The zero-order valence-electron chi connectivity index (χ0n) is 18.3. The molecule has 0 aliphatic carbocycles. The van der Waals surface area contributed by atoms with E-state index >= 15 is 0 Å². The molecule has 0 fully saturated rings. The number of benzene rings is 2. The van der Waals surface area contributed by atoms with Gasteiger partial charge >= 0.3 is 0 Å². The number of carbonyl (C=O) groups excluding carboxylic acids is 2. The van der Waals surface area contributed by atoms with Gasteiger partial charge in [0.2, 0.25) is 11.8 Å². The van der Waals surface area contributed by atoms with E-state index in [1.807, 2.05) is 53.4 Å². The molecule has 4 rings (SSSR count). The van der Waals surface area contributed by atoms with E-state index in [0.717, 1.165) is 16.8 Å². The SMILES string of the molecule is COc1ccc(CCNC(=O)CSC2=NNC3NC(=O)C=C(c4ccccc4)N23)cc1OC. The van der Waals surface area contributed by atoms with Crippen LogP contribution in [-0.4, -0.2) is 54.7 Å². The van der Waals surface area contributed by atoms with Gasteiger partial charge in [0.1, 0.15) is 0 Å². The molecule has 1 atom stereocenters. The third-order valence-corrected chi connectivity index (χ3v) is 6.09. The lowest BCUT2D eigenvalue weighted by atomic mass is 10.1. The Morgan fingerprint density at radius 2 is 1.94 bits per heavy atom. The van der Waals surface area contributed by atoms with Crippen LogP contribution >= 0.6 is 11.8 Å². The summed E-state index contributed by atoms with van der Waals surface area (Å²) < 4.78 is 10.6. The van der Waals surface area contributed by atoms with Crippen LogP contribution in [0.15, 0.2) is 59.7 Å². The lowest BCUT2D eigenvalue weighted by Gasteiger charge is -2.32. The van der Waals surface area contributed by atoms with E-state index in [1.54, 1.807) is 14.2 Å². The number of amides is 2. The minimum Gasteiger partial charge on any atom is -0.493 e. The number of nitrogens with zero attached hydrogens (tertiary/aromatic N) is 2. The summed E-state index contributed by atoms with van der Waals surface area (Å²) >= 11 is 1.31. The number of rotatable bonds is 8.